The fourth-order valence-corrected chi connectivity index (χ4v) is 3.39. The maximum atomic E-state index is 10.4. The largest absolute Gasteiger partial charge is 0.506 e. The van der Waals surface area contributed by atoms with Gasteiger partial charge in [-0.1, -0.05) is 23.7 Å². The standard InChI is InChI=1S/C25H26ClN3O2/c1-16-11-21(12-17(2)25(16)26)31-20-7-5-18(6-8-20)19-13-23(28-9-10-29(3)4)22(15-27)24(30)14-19/h5-8,11-14,28,30H,9-10H2,1-4H3. The number of nitrogens with zero attached hydrogens (tertiary/aromatic N) is 2. The minimum atomic E-state index is -0.0419. The van der Waals surface area contributed by atoms with Crippen molar-refractivity contribution >= 4 is 17.3 Å². The highest BCUT2D eigenvalue weighted by atomic mass is 35.5. The lowest BCUT2D eigenvalue weighted by atomic mass is 10.0. The van der Waals surface area contributed by atoms with Crippen molar-refractivity contribution in [1.82, 2.24) is 4.90 Å². The van der Waals surface area contributed by atoms with E-state index < -0.39 is 0 Å². The molecule has 160 valence electrons. The van der Waals surface area contributed by atoms with Crippen molar-refractivity contribution in [2.45, 2.75) is 13.8 Å². The van der Waals surface area contributed by atoms with Crippen LogP contribution >= 0.6 is 11.6 Å². The Labute approximate surface area is 188 Å². The van der Waals surface area contributed by atoms with Crippen molar-refractivity contribution in [3.8, 4) is 34.4 Å². The normalized spacial score (nSPS) is 10.7. The number of hydrogen-bond donors (Lipinski definition) is 2. The summed E-state index contributed by atoms with van der Waals surface area (Å²) in [6.07, 6.45) is 0. The summed E-state index contributed by atoms with van der Waals surface area (Å²) in [5, 5.41) is 23.8. The van der Waals surface area contributed by atoms with E-state index in [-0.39, 0.29) is 11.3 Å². The molecule has 0 saturated carbocycles. The third-order valence-electron chi connectivity index (χ3n) is 4.94. The van der Waals surface area contributed by atoms with Gasteiger partial charge in [0.25, 0.3) is 0 Å². The number of aromatic hydroxyl groups is 1. The number of phenolic OH excluding ortho intramolecular Hbond substituents is 1. The van der Waals surface area contributed by atoms with Gasteiger partial charge in [0.2, 0.25) is 0 Å². The van der Waals surface area contributed by atoms with Gasteiger partial charge in [0.05, 0.1) is 5.69 Å². The molecule has 3 aromatic carbocycles. The van der Waals surface area contributed by atoms with Gasteiger partial charge in [-0.05, 0) is 86.6 Å². The lowest BCUT2D eigenvalue weighted by Crippen LogP contribution is -2.21. The van der Waals surface area contributed by atoms with E-state index in [1.165, 1.54) is 0 Å². The van der Waals surface area contributed by atoms with E-state index in [9.17, 15) is 10.4 Å². The summed E-state index contributed by atoms with van der Waals surface area (Å²) in [5.41, 5.74) is 4.52. The van der Waals surface area contributed by atoms with Crippen molar-refractivity contribution in [1.29, 1.82) is 5.26 Å². The summed E-state index contributed by atoms with van der Waals surface area (Å²) in [7, 11) is 3.97. The molecule has 0 fully saturated rings. The number of aryl methyl sites for hydroxylation is 2. The summed E-state index contributed by atoms with van der Waals surface area (Å²) >= 11 is 6.23. The Hall–Kier alpha value is -3.20. The highest BCUT2D eigenvalue weighted by molar-refractivity contribution is 6.32. The Morgan fingerprint density at radius 2 is 1.65 bits per heavy atom. The van der Waals surface area contributed by atoms with Crippen molar-refractivity contribution in [3.63, 3.8) is 0 Å². The van der Waals surface area contributed by atoms with Crippen LogP contribution in [-0.2, 0) is 0 Å². The molecule has 0 aliphatic carbocycles. The van der Waals surface area contributed by atoms with Gasteiger partial charge in [-0.3, -0.25) is 0 Å². The van der Waals surface area contributed by atoms with Gasteiger partial charge in [-0.15, -0.1) is 0 Å². The van der Waals surface area contributed by atoms with Gasteiger partial charge in [0.15, 0.2) is 0 Å². The minimum Gasteiger partial charge on any atom is -0.506 e. The highest BCUT2D eigenvalue weighted by Gasteiger charge is 2.12. The lowest BCUT2D eigenvalue weighted by molar-refractivity contribution is 0.425. The molecule has 0 atom stereocenters. The number of halogens is 1. The first kappa shape index (κ1) is 22.5. The van der Waals surface area contributed by atoms with Gasteiger partial charge in [0.1, 0.15) is 28.9 Å². The van der Waals surface area contributed by atoms with Crippen LogP contribution < -0.4 is 10.1 Å². The molecule has 2 N–H and O–H groups in total. The third-order valence-corrected chi connectivity index (χ3v) is 5.53. The van der Waals surface area contributed by atoms with Crippen LogP contribution in [0.1, 0.15) is 16.7 Å². The van der Waals surface area contributed by atoms with Crippen molar-refractivity contribution in [2.75, 3.05) is 32.5 Å². The number of phenols is 1. The van der Waals surface area contributed by atoms with Crippen LogP contribution in [0.3, 0.4) is 0 Å². The predicted molar refractivity (Wildman–Crippen MR) is 126 cm³/mol. The molecule has 0 radical (unpaired) electrons. The zero-order valence-electron chi connectivity index (χ0n) is 18.2. The number of benzene rings is 3. The lowest BCUT2D eigenvalue weighted by Gasteiger charge is -2.15. The Morgan fingerprint density at radius 1 is 1.00 bits per heavy atom. The molecule has 0 unspecified atom stereocenters. The zero-order valence-corrected chi connectivity index (χ0v) is 18.9. The highest BCUT2D eigenvalue weighted by Crippen LogP contribution is 2.34. The number of hydrogen-bond acceptors (Lipinski definition) is 5. The fourth-order valence-electron chi connectivity index (χ4n) is 3.28. The van der Waals surface area contributed by atoms with Crippen LogP contribution in [0.25, 0.3) is 11.1 Å². The smallest absolute Gasteiger partial charge is 0.136 e. The molecule has 0 aliphatic rings. The van der Waals surface area contributed by atoms with E-state index in [1.807, 2.05) is 75.3 Å². The first-order valence-corrected chi connectivity index (χ1v) is 10.4. The van der Waals surface area contributed by atoms with Gasteiger partial charge < -0.3 is 20.1 Å². The molecule has 0 aliphatic heterocycles. The molecular formula is C25H26ClN3O2. The average Bonchev–Trinajstić information content (AvgIpc) is 2.72. The summed E-state index contributed by atoms with van der Waals surface area (Å²) < 4.78 is 5.98. The quantitative estimate of drug-likeness (QED) is 0.478. The summed E-state index contributed by atoms with van der Waals surface area (Å²) in [5.74, 6) is 1.39. The maximum Gasteiger partial charge on any atom is 0.136 e. The monoisotopic (exact) mass is 435 g/mol. The molecule has 0 aromatic heterocycles. The Bertz CT molecular complexity index is 1100. The van der Waals surface area contributed by atoms with E-state index in [2.05, 4.69) is 11.4 Å². The first-order valence-electron chi connectivity index (χ1n) is 9.99. The number of ether oxygens (including phenoxy) is 1. The molecule has 3 aromatic rings. The fraction of sp³-hybridized carbons (Fsp3) is 0.240. The van der Waals surface area contributed by atoms with Gasteiger partial charge in [-0.25, -0.2) is 0 Å². The molecule has 6 heteroatoms. The molecule has 0 saturated heterocycles. The number of rotatable bonds is 7. The molecule has 0 bridgehead atoms. The summed E-state index contributed by atoms with van der Waals surface area (Å²) in [6.45, 7) is 5.38. The Kier molecular flexibility index (Phi) is 7.06. The molecular weight excluding hydrogens is 410 g/mol. The van der Waals surface area contributed by atoms with Crippen molar-refractivity contribution < 1.29 is 9.84 Å². The second-order valence-corrected chi connectivity index (χ2v) is 8.14. The second kappa shape index (κ2) is 9.74. The van der Waals surface area contributed by atoms with E-state index >= 15 is 0 Å². The summed E-state index contributed by atoms with van der Waals surface area (Å²) in [4.78, 5) is 2.05. The van der Waals surface area contributed by atoms with E-state index in [0.717, 1.165) is 39.6 Å². The van der Waals surface area contributed by atoms with Crippen LogP contribution in [0.2, 0.25) is 5.02 Å². The van der Waals surface area contributed by atoms with Gasteiger partial charge >= 0.3 is 0 Å². The molecule has 0 amide bonds. The van der Waals surface area contributed by atoms with Gasteiger partial charge in [0, 0.05) is 18.1 Å². The second-order valence-electron chi connectivity index (χ2n) is 7.76. The Morgan fingerprint density at radius 3 is 2.23 bits per heavy atom. The topological polar surface area (TPSA) is 68.5 Å². The number of anilines is 1. The van der Waals surface area contributed by atoms with Crippen LogP contribution in [0.5, 0.6) is 17.2 Å². The average molecular weight is 436 g/mol. The molecule has 5 nitrogen and oxygen atoms in total. The molecule has 0 spiro atoms. The van der Waals surface area contributed by atoms with Crippen LogP contribution in [-0.4, -0.2) is 37.2 Å². The molecule has 0 heterocycles. The number of nitriles is 1. The van der Waals surface area contributed by atoms with E-state index in [0.29, 0.717) is 18.0 Å². The zero-order chi connectivity index (χ0) is 22.5. The van der Waals surface area contributed by atoms with Crippen LogP contribution in [0, 0.1) is 25.2 Å². The SMILES string of the molecule is Cc1cc(Oc2ccc(-c3cc(O)c(C#N)c(NCCN(C)C)c3)cc2)cc(C)c1Cl. The first-order chi connectivity index (χ1) is 14.8. The van der Waals surface area contributed by atoms with Crippen molar-refractivity contribution in [2.24, 2.45) is 0 Å². The summed E-state index contributed by atoms with van der Waals surface area (Å²) in [6, 6.07) is 17.0. The van der Waals surface area contributed by atoms with Crippen molar-refractivity contribution in [3.05, 3.63) is 70.2 Å². The predicted octanol–water partition coefficient (Wildman–Crippen LogP) is 5.97. The van der Waals surface area contributed by atoms with E-state index in [1.54, 1.807) is 6.07 Å². The third kappa shape index (κ3) is 5.49. The minimum absolute atomic E-state index is 0.0419. The van der Waals surface area contributed by atoms with Gasteiger partial charge in [-0.2, -0.15) is 5.26 Å². The van der Waals surface area contributed by atoms with Crippen LogP contribution in [0.4, 0.5) is 5.69 Å². The maximum absolute atomic E-state index is 10.4. The Balaban J connectivity index is 1.83. The number of nitrogens with one attached hydrogen (secondary N) is 1. The van der Waals surface area contributed by atoms with Crippen LogP contribution in [0.15, 0.2) is 48.5 Å². The van der Waals surface area contributed by atoms with E-state index in [4.69, 9.17) is 16.3 Å². The molecule has 3 rings (SSSR count). The molecule has 31 heavy (non-hydrogen) atoms. The number of likely N-dealkylation sites (N-methyl/N-ethyl adjacent to an activating group) is 1.